The predicted octanol–water partition coefficient (Wildman–Crippen LogP) is 4.60. The van der Waals surface area contributed by atoms with Crippen LogP contribution in [-0.4, -0.2) is 36.7 Å². The first-order valence-electron chi connectivity index (χ1n) is 10.7. The normalized spacial score (nSPS) is 11.8. The molecule has 1 aromatic heterocycles. The summed E-state index contributed by atoms with van der Waals surface area (Å²) in [4.78, 5) is 13.4. The summed E-state index contributed by atoms with van der Waals surface area (Å²) < 4.78 is 23.3. The van der Waals surface area contributed by atoms with Crippen LogP contribution in [0.5, 0.6) is 23.0 Å². The number of fused-ring (bicyclic) bond motifs is 1. The number of carbonyl (C=O) groups is 1. The molecule has 0 radical (unpaired) electrons. The molecule has 1 N–H and O–H groups in total. The summed E-state index contributed by atoms with van der Waals surface area (Å²) in [6.45, 7) is 0.695. The van der Waals surface area contributed by atoms with E-state index in [1.807, 2.05) is 42.5 Å². The molecule has 0 unspecified atom stereocenters. The molecule has 1 aliphatic heterocycles. The molecule has 0 saturated carbocycles. The lowest BCUT2D eigenvalue weighted by molar-refractivity contribution is 0.102. The fourth-order valence-corrected chi connectivity index (χ4v) is 3.81. The Kier molecular flexibility index (Phi) is 5.78. The van der Waals surface area contributed by atoms with E-state index in [2.05, 4.69) is 5.32 Å². The topological polar surface area (TPSA) is 83.8 Å². The van der Waals surface area contributed by atoms with Gasteiger partial charge in [0.1, 0.15) is 5.69 Å². The summed E-state index contributed by atoms with van der Waals surface area (Å²) in [7, 11) is 3.15. The second-order valence-corrected chi connectivity index (χ2v) is 7.67. The molecular weight excluding hydrogens is 434 g/mol. The minimum atomic E-state index is -0.289. The van der Waals surface area contributed by atoms with Gasteiger partial charge in [-0.25, -0.2) is 0 Å². The van der Waals surface area contributed by atoms with Crippen LogP contribution < -0.4 is 24.3 Å². The SMILES string of the molecule is COc1ccc(-c2nn(Cc3ccccc3)cc2C(=O)Nc2ccc3c(c2)OCO3)cc1OC. The summed E-state index contributed by atoms with van der Waals surface area (Å²) in [6.07, 6.45) is 1.75. The van der Waals surface area contributed by atoms with Crippen molar-refractivity contribution in [2.45, 2.75) is 6.54 Å². The molecule has 0 fully saturated rings. The molecule has 5 rings (SSSR count). The first-order chi connectivity index (χ1) is 16.6. The molecule has 3 aromatic carbocycles. The number of amides is 1. The van der Waals surface area contributed by atoms with Gasteiger partial charge < -0.3 is 24.3 Å². The van der Waals surface area contributed by atoms with Gasteiger partial charge in [0.25, 0.3) is 5.91 Å². The molecule has 1 aliphatic rings. The van der Waals surface area contributed by atoms with Gasteiger partial charge in [-0.3, -0.25) is 9.48 Å². The third-order valence-corrected chi connectivity index (χ3v) is 5.48. The molecule has 0 atom stereocenters. The Morgan fingerprint density at radius 3 is 2.56 bits per heavy atom. The maximum absolute atomic E-state index is 13.4. The quantitative estimate of drug-likeness (QED) is 0.437. The van der Waals surface area contributed by atoms with Crippen LogP contribution in [-0.2, 0) is 6.54 Å². The Balaban J connectivity index is 1.51. The number of methoxy groups -OCH3 is 2. The van der Waals surface area contributed by atoms with Gasteiger partial charge in [-0.2, -0.15) is 5.10 Å². The molecule has 1 amide bonds. The Hall–Kier alpha value is -4.46. The van der Waals surface area contributed by atoms with Crippen LogP contribution in [0.25, 0.3) is 11.3 Å². The Bertz CT molecular complexity index is 1330. The van der Waals surface area contributed by atoms with Crippen LogP contribution in [0, 0.1) is 0 Å². The van der Waals surface area contributed by atoms with Crippen molar-refractivity contribution in [3.05, 3.63) is 84.1 Å². The fourth-order valence-electron chi connectivity index (χ4n) is 3.81. The number of nitrogens with zero attached hydrogens (tertiary/aromatic N) is 2. The highest BCUT2D eigenvalue weighted by molar-refractivity contribution is 6.08. The highest BCUT2D eigenvalue weighted by Gasteiger charge is 2.21. The van der Waals surface area contributed by atoms with Crippen molar-refractivity contribution in [3.8, 4) is 34.3 Å². The molecule has 0 spiro atoms. The first kappa shape index (κ1) is 21.4. The van der Waals surface area contributed by atoms with Gasteiger partial charge in [0.2, 0.25) is 6.79 Å². The van der Waals surface area contributed by atoms with E-state index in [1.54, 1.807) is 49.4 Å². The molecule has 34 heavy (non-hydrogen) atoms. The van der Waals surface area contributed by atoms with Gasteiger partial charge in [-0.1, -0.05) is 30.3 Å². The van der Waals surface area contributed by atoms with Gasteiger partial charge in [0, 0.05) is 23.5 Å². The largest absolute Gasteiger partial charge is 0.493 e. The Morgan fingerprint density at radius 2 is 1.76 bits per heavy atom. The molecule has 0 bridgehead atoms. The number of nitrogens with one attached hydrogen (secondary N) is 1. The average Bonchev–Trinajstić information content (AvgIpc) is 3.51. The van der Waals surface area contributed by atoms with Crippen LogP contribution >= 0.6 is 0 Å². The monoisotopic (exact) mass is 457 g/mol. The maximum Gasteiger partial charge on any atom is 0.259 e. The molecule has 8 heteroatoms. The minimum Gasteiger partial charge on any atom is -0.493 e. The van der Waals surface area contributed by atoms with Gasteiger partial charge in [0.05, 0.1) is 26.3 Å². The van der Waals surface area contributed by atoms with Crippen LogP contribution in [0.15, 0.2) is 72.9 Å². The molecule has 0 aliphatic carbocycles. The highest BCUT2D eigenvalue weighted by Crippen LogP contribution is 2.35. The van der Waals surface area contributed by atoms with Crippen molar-refractivity contribution in [1.29, 1.82) is 0 Å². The lowest BCUT2D eigenvalue weighted by atomic mass is 10.1. The van der Waals surface area contributed by atoms with Crippen LogP contribution in [0.4, 0.5) is 5.69 Å². The number of ether oxygens (including phenoxy) is 4. The van der Waals surface area contributed by atoms with Crippen LogP contribution in [0.3, 0.4) is 0 Å². The molecular formula is C26H23N3O5. The van der Waals surface area contributed by atoms with E-state index in [-0.39, 0.29) is 12.7 Å². The average molecular weight is 457 g/mol. The molecule has 172 valence electrons. The predicted molar refractivity (Wildman–Crippen MR) is 127 cm³/mol. The van der Waals surface area contributed by atoms with Gasteiger partial charge in [0.15, 0.2) is 23.0 Å². The summed E-state index contributed by atoms with van der Waals surface area (Å²) in [5, 5.41) is 7.68. The van der Waals surface area contributed by atoms with E-state index in [0.717, 1.165) is 11.1 Å². The molecule has 4 aromatic rings. The second kappa shape index (κ2) is 9.19. The lowest BCUT2D eigenvalue weighted by Crippen LogP contribution is -2.12. The molecule has 2 heterocycles. The van der Waals surface area contributed by atoms with E-state index < -0.39 is 0 Å². The van der Waals surface area contributed by atoms with Gasteiger partial charge in [-0.05, 0) is 35.9 Å². The van der Waals surface area contributed by atoms with Crippen molar-refractivity contribution in [1.82, 2.24) is 9.78 Å². The van der Waals surface area contributed by atoms with Crippen molar-refractivity contribution in [3.63, 3.8) is 0 Å². The van der Waals surface area contributed by atoms with Crippen LogP contribution in [0.1, 0.15) is 15.9 Å². The summed E-state index contributed by atoms with van der Waals surface area (Å²) in [5.41, 5.74) is 3.38. The zero-order valence-electron chi connectivity index (χ0n) is 18.8. The van der Waals surface area contributed by atoms with Crippen molar-refractivity contribution in [2.75, 3.05) is 26.3 Å². The highest BCUT2D eigenvalue weighted by atomic mass is 16.7. The third kappa shape index (κ3) is 4.25. The zero-order chi connectivity index (χ0) is 23.5. The van der Waals surface area contributed by atoms with E-state index in [4.69, 9.17) is 24.0 Å². The number of anilines is 1. The van der Waals surface area contributed by atoms with Gasteiger partial charge in [-0.15, -0.1) is 0 Å². The van der Waals surface area contributed by atoms with Crippen molar-refractivity contribution >= 4 is 11.6 Å². The Labute approximate surface area is 196 Å². The molecule has 0 saturated heterocycles. The van der Waals surface area contributed by atoms with Crippen molar-refractivity contribution < 1.29 is 23.7 Å². The number of carbonyl (C=O) groups excluding carboxylic acids is 1. The smallest absolute Gasteiger partial charge is 0.259 e. The fraction of sp³-hybridized carbons (Fsp3) is 0.154. The minimum absolute atomic E-state index is 0.169. The summed E-state index contributed by atoms with van der Waals surface area (Å²) in [6, 6.07) is 20.7. The van der Waals surface area contributed by atoms with Gasteiger partial charge >= 0.3 is 0 Å². The van der Waals surface area contributed by atoms with Crippen LogP contribution in [0.2, 0.25) is 0 Å². The van der Waals surface area contributed by atoms with E-state index in [0.29, 0.717) is 46.5 Å². The van der Waals surface area contributed by atoms with E-state index >= 15 is 0 Å². The number of hydrogen-bond acceptors (Lipinski definition) is 6. The first-order valence-corrected chi connectivity index (χ1v) is 10.7. The zero-order valence-corrected chi connectivity index (χ0v) is 18.8. The number of hydrogen-bond donors (Lipinski definition) is 1. The standard InChI is InChI=1S/C26H23N3O5/c1-31-21-10-8-18(12-23(21)32-2)25-20(15-29(28-25)14-17-6-4-3-5-7-17)26(30)27-19-9-11-22-24(13-19)34-16-33-22/h3-13,15H,14,16H2,1-2H3,(H,27,30). The molecule has 8 nitrogen and oxygen atoms in total. The summed E-state index contributed by atoms with van der Waals surface area (Å²) >= 11 is 0. The van der Waals surface area contributed by atoms with E-state index in [9.17, 15) is 4.79 Å². The lowest BCUT2D eigenvalue weighted by Gasteiger charge is -2.10. The number of benzene rings is 3. The number of aromatic nitrogens is 2. The van der Waals surface area contributed by atoms with Crippen molar-refractivity contribution in [2.24, 2.45) is 0 Å². The third-order valence-electron chi connectivity index (χ3n) is 5.48. The maximum atomic E-state index is 13.4. The summed E-state index contributed by atoms with van der Waals surface area (Å²) in [5.74, 6) is 2.11. The number of rotatable bonds is 7. The second-order valence-electron chi connectivity index (χ2n) is 7.67. The Morgan fingerprint density at radius 1 is 0.971 bits per heavy atom. The van der Waals surface area contributed by atoms with E-state index in [1.165, 1.54) is 0 Å².